The molecule has 0 unspecified atom stereocenters. The first-order chi connectivity index (χ1) is 18.1. The first kappa shape index (κ1) is 23.6. The number of ether oxygens (including phenoxy) is 1. The zero-order valence-electron chi connectivity index (χ0n) is 20.9. The minimum Gasteiger partial charge on any atom is -0.495 e. The van der Waals surface area contributed by atoms with Crippen LogP contribution in [0.5, 0.6) is 5.75 Å². The van der Waals surface area contributed by atoms with Gasteiger partial charge in [0.1, 0.15) is 12.1 Å². The summed E-state index contributed by atoms with van der Waals surface area (Å²) in [7, 11) is 1.60. The summed E-state index contributed by atoms with van der Waals surface area (Å²) >= 11 is 6.34. The number of pyridine rings is 1. The first-order valence-electron chi connectivity index (χ1n) is 12.5. The number of nitrogens with zero attached hydrogens (tertiary/aromatic N) is 8. The fraction of sp³-hybridized carbons (Fsp3) is 0.346. The molecule has 1 aromatic carbocycles. The van der Waals surface area contributed by atoms with Gasteiger partial charge in [0, 0.05) is 42.8 Å². The van der Waals surface area contributed by atoms with Crippen LogP contribution >= 0.6 is 11.6 Å². The molecule has 0 bridgehead atoms. The van der Waals surface area contributed by atoms with Gasteiger partial charge in [0.05, 0.1) is 29.4 Å². The van der Waals surface area contributed by atoms with Gasteiger partial charge in [-0.15, -0.1) is 10.2 Å². The summed E-state index contributed by atoms with van der Waals surface area (Å²) in [6.45, 7) is 6.38. The second-order valence-corrected chi connectivity index (χ2v) is 9.60. The van der Waals surface area contributed by atoms with Crippen molar-refractivity contribution in [3.05, 3.63) is 59.4 Å². The molecule has 0 spiro atoms. The van der Waals surface area contributed by atoms with Crippen LogP contribution in [0.15, 0.2) is 43.1 Å². The highest BCUT2D eigenvalue weighted by Crippen LogP contribution is 2.32. The van der Waals surface area contributed by atoms with Gasteiger partial charge in [0.2, 0.25) is 0 Å². The van der Waals surface area contributed by atoms with E-state index in [2.05, 4.69) is 37.4 Å². The lowest BCUT2D eigenvalue weighted by Crippen LogP contribution is -2.18. The summed E-state index contributed by atoms with van der Waals surface area (Å²) in [4.78, 5) is 11.8. The van der Waals surface area contributed by atoms with E-state index in [0.717, 1.165) is 59.2 Å². The highest BCUT2D eigenvalue weighted by molar-refractivity contribution is 6.32. The third-order valence-corrected chi connectivity index (χ3v) is 7.12. The van der Waals surface area contributed by atoms with Gasteiger partial charge in [-0.1, -0.05) is 17.7 Å². The number of anilines is 1. The number of hydrogen-bond donors (Lipinski definition) is 1. The van der Waals surface area contributed by atoms with Crippen molar-refractivity contribution in [1.29, 1.82) is 0 Å². The van der Waals surface area contributed by atoms with Crippen LogP contribution in [0.25, 0.3) is 27.6 Å². The van der Waals surface area contributed by atoms with Crippen molar-refractivity contribution in [2.24, 2.45) is 0 Å². The molecule has 5 heterocycles. The largest absolute Gasteiger partial charge is 0.495 e. The van der Waals surface area contributed by atoms with E-state index in [1.54, 1.807) is 13.4 Å². The quantitative estimate of drug-likeness (QED) is 0.322. The Morgan fingerprint density at radius 1 is 1.08 bits per heavy atom. The molecule has 0 aliphatic carbocycles. The molecular formula is C26H28ClN9O. The van der Waals surface area contributed by atoms with Crippen molar-refractivity contribution in [3.63, 3.8) is 0 Å². The van der Waals surface area contributed by atoms with Crippen molar-refractivity contribution < 1.29 is 4.74 Å². The molecule has 6 rings (SSSR count). The molecule has 37 heavy (non-hydrogen) atoms. The van der Waals surface area contributed by atoms with E-state index in [0.29, 0.717) is 29.0 Å². The number of fused-ring (bicyclic) bond motifs is 3. The van der Waals surface area contributed by atoms with Crippen molar-refractivity contribution in [1.82, 2.24) is 39.4 Å². The minimum absolute atomic E-state index is 0.517. The highest BCUT2D eigenvalue weighted by Gasteiger charge is 2.19. The average molecular weight is 518 g/mol. The summed E-state index contributed by atoms with van der Waals surface area (Å²) in [5.41, 5.74) is 2.83. The van der Waals surface area contributed by atoms with Gasteiger partial charge in [-0.3, -0.25) is 9.47 Å². The summed E-state index contributed by atoms with van der Waals surface area (Å²) in [5, 5.41) is 20.5. The van der Waals surface area contributed by atoms with Gasteiger partial charge in [0.25, 0.3) is 0 Å². The van der Waals surface area contributed by atoms with Gasteiger partial charge in [0.15, 0.2) is 17.3 Å². The molecule has 4 aromatic heterocycles. The fourth-order valence-corrected chi connectivity index (χ4v) is 5.22. The van der Waals surface area contributed by atoms with E-state index in [-0.39, 0.29) is 0 Å². The maximum Gasteiger partial charge on any atom is 0.170 e. The fourth-order valence-electron chi connectivity index (χ4n) is 4.94. The van der Waals surface area contributed by atoms with Crippen LogP contribution in [-0.4, -0.2) is 59.6 Å². The normalized spacial score (nSPS) is 14.1. The van der Waals surface area contributed by atoms with E-state index in [1.807, 2.05) is 46.0 Å². The molecule has 0 radical (unpaired) electrons. The number of hydrogen-bond acceptors (Lipinski definition) is 8. The van der Waals surface area contributed by atoms with Gasteiger partial charge in [-0.25, -0.2) is 14.6 Å². The standard InChI is InChI=1S/C26H28ClN9O/c1-3-36-25-20(13-31-36)23-19(12-29-25)26(35-15-18(30-16-35)14-34-8-4-5-9-34)33-32-24(23)28-11-17-6-7-22(37-2)21(27)10-17/h6-7,10,12-13,15-16H,3-5,8-9,11,14H2,1-2H3,(H,28,32). The zero-order chi connectivity index (χ0) is 25.4. The summed E-state index contributed by atoms with van der Waals surface area (Å²) in [6, 6.07) is 5.72. The molecule has 1 N–H and O–H groups in total. The monoisotopic (exact) mass is 517 g/mol. The lowest BCUT2D eigenvalue weighted by molar-refractivity contribution is 0.327. The van der Waals surface area contributed by atoms with Crippen molar-refractivity contribution in [2.75, 3.05) is 25.5 Å². The summed E-state index contributed by atoms with van der Waals surface area (Å²) in [5.74, 6) is 1.99. The molecule has 0 atom stereocenters. The number of imidazole rings is 1. The number of halogens is 1. The maximum atomic E-state index is 6.34. The Hall–Kier alpha value is -3.76. The number of methoxy groups -OCH3 is 1. The smallest absolute Gasteiger partial charge is 0.170 e. The number of benzene rings is 1. The third kappa shape index (κ3) is 4.47. The van der Waals surface area contributed by atoms with Crippen LogP contribution in [-0.2, 0) is 19.6 Å². The van der Waals surface area contributed by atoms with Crippen LogP contribution in [0.3, 0.4) is 0 Å². The minimum atomic E-state index is 0.517. The Bertz CT molecular complexity index is 1570. The number of rotatable bonds is 8. The predicted molar refractivity (Wildman–Crippen MR) is 143 cm³/mol. The Morgan fingerprint density at radius 2 is 1.95 bits per heavy atom. The zero-order valence-corrected chi connectivity index (χ0v) is 21.6. The number of aryl methyl sites for hydroxylation is 1. The van der Waals surface area contributed by atoms with Crippen molar-refractivity contribution in [3.8, 4) is 11.6 Å². The van der Waals surface area contributed by atoms with E-state index >= 15 is 0 Å². The lowest BCUT2D eigenvalue weighted by atomic mass is 10.1. The molecule has 0 amide bonds. The van der Waals surface area contributed by atoms with E-state index in [9.17, 15) is 0 Å². The van der Waals surface area contributed by atoms with Crippen molar-refractivity contribution in [2.45, 2.75) is 39.4 Å². The third-order valence-electron chi connectivity index (χ3n) is 6.83. The summed E-state index contributed by atoms with van der Waals surface area (Å²) in [6.07, 6.45) is 10.0. The molecule has 1 fully saturated rings. The molecule has 11 heteroatoms. The Labute approximate surface area is 219 Å². The Morgan fingerprint density at radius 3 is 2.73 bits per heavy atom. The number of aromatic nitrogens is 7. The number of likely N-dealkylation sites (tertiary alicyclic amines) is 1. The van der Waals surface area contributed by atoms with Crippen LogP contribution in [0.4, 0.5) is 5.82 Å². The molecule has 1 aliphatic heterocycles. The molecular weight excluding hydrogens is 490 g/mol. The average Bonchev–Trinajstić information content (AvgIpc) is 3.68. The number of nitrogens with one attached hydrogen (secondary N) is 1. The van der Waals surface area contributed by atoms with E-state index in [1.165, 1.54) is 12.8 Å². The highest BCUT2D eigenvalue weighted by atomic mass is 35.5. The van der Waals surface area contributed by atoms with Gasteiger partial charge < -0.3 is 10.1 Å². The Balaban J connectivity index is 1.39. The molecule has 1 saturated heterocycles. The van der Waals surface area contributed by atoms with Gasteiger partial charge >= 0.3 is 0 Å². The topological polar surface area (TPSA) is 98.8 Å². The van der Waals surface area contributed by atoms with Crippen LogP contribution < -0.4 is 10.1 Å². The Kier molecular flexibility index (Phi) is 6.35. The predicted octanol–water partition coefficient (Wildman–Crippen LogP) is 4.45. The molecule has 10 nitrogen and oxygen atoms in total. The molecule has 0 saturated carbocycles. The molecule has 1 aliphatic rings. The molecule has 5 aromatic rings. The SMILES string of the molecule is CCn1ncc2c3c(NCc4ccc(OC)c(Cl)c4)nnc(-n4cnc(CN5CCCC5)c4)c3cnc21. The van der Waals surface area contributed by atoms with E-state index < -0.39 is 0 Å². The second-order valence-electron chi connectivity index (χ2n) is 9.19. The van der Waals surface area contributed by atoms with Gasteiger partial charge in [-0.2, -0.15) is 5.10 Å². The molecule has 190 valence electrons. The van der Waals surface area contributed by atoms with Crippen molar-refractivity contribution >= 4 is 39.2 Å². The van der Waals surface area contributed by atoms with Crippen LogP contribution in [0, 0.1) is 0 Å². The first-order valence-corrected chi connectivity index (χ1v) is 12.8. The lowest BCUT2D eigenvalue weighted by Gasteiger charge is -2.13. The van der Waals surface area contributed by atoms with Crippen LogP contribution in [0.1, 0.15) is 31.0 Å². The summed E-state index contributed by atoms with van der Waals surface area (Å²) < 4.78 is 9.09. The van der Waals surface area contributed by atoms with E-state index in [4.69, 9.17) is 21.3 Å². The van der Waals surface area contributed by atoms with Gasteiger partial charge in [-0.05, 0) is 50.6 Å². The van der Waals surface area contributed by atoms with Crippen LogP contribution in [0.2, 0.25) is 5.02 Å². The maximum absolute atomic E-state index is 6.34. The second kappa shape index (κ2) is 9.95.